The Morgan fingerprint density at radius 1 is 1.33 bits per heavy atom. The van der Waals surface area contributed by atoms with Crippen LogP contribution in [-0.2, 0) is 0 Å². The van der Waals surface area contributed by atoms with Crippen LogP contribution >= 0.6 is 0 Å². The standard InChI is InChI=1S/C10H9N3O2/c11-9(14)7-5-6-3-1-2-4-8(6)13-10(7)15-12/h1-5H,12H2,(H2,11,14). The van der Waals surface area contributed by atoms with E-state index in [-0.39, 0.29) is 11.4 Å². The summed E-state index contributed by atoms with van der Waals surface area (Å²) in [6.07, 6.45) is 0. The number of amides is 1. The van der Waals surface area contributed by atoms with E-state index in [1.54, 1.807) is 12.1 Å². The Morgan fingerprint density at radius 2 is 2.07 bits per heavy atom. The van der Waals surface area contributed by atoms with Crippen molar-refractivity contribution in [3.63, 3.8) is 0 Å². The molecule has 0 radical (unpaired) electrons. The molecule has 1 aromatic heterocycles. The summed E-state index contributed by atoms with van der Waals surface area (Å²) in [5.41, 5.74) is 6.04. The zero-order valence-corrected chi connectivity index (χ0v) is 7.81. The van der Waals surface area contributed by atoms with Gasteiger partial charge in [0, 0.05) is 5.39 Å². The smallest absolute Gasteiger partial charge is 0.254 e. The minimum atomic E-state index is -0.617. The van der Waals surface area contributed by atoms with Crippen LogP contribution in [0.5, 0.6) is 5.88 Å². The van der Waals surface area contributed by atoms with Gasteiger partial charge in [0.15, 0.2) is 0 Å². The minimum absolute atomic E-state index is 0.0428. The fraction of sp³-hybridized carbons (Fsp3) is 0. The van der Waals surface area contributed by atoms with Gasteiger partial charge in [-0.15, -0.1) is 0 Å². The topological polar surface area (TPSA) is 91.2 Å². The summed E-state index contributed by atoms with van der Waals surface area (Å²) in [5.74, 6) is 4.44. The first-order valence-corrected chi connectivity index (χ1v) is 4.28. The van der Waals surface area contributed by atoms with Crippen molar-refractivity contribution >= 4 is 16.8 Å². The molecule has 5 nitrogen and oxygen atoms in total. The van der Waals surface area contributed by atoms with E-state index >= 15 is 0 Å². The first-order valence-electron chi connectivity index (χ1n) is 4.28. The van der Waals surface area contributed by atoms with Gasteiger partial charge < -0.3 is 10.6 Å². The van der Waals surface area contributed by atoms with Crippen LogP contribution in [0, 0.1) is 0 Å². The van der Waals surface area contributed by atoms with Gasteiger partial charge in [-0.25, -0.2) is 4.98 Å². The fourth-order valence-electron chi connectivity index (χ4n) is 1.36. The van der Waals surface area contributed by atoms with E-state index in [1.807, 2.05) is 18.2 Å². The quantitative estimate of drug-likeness (QED) is 0.698. The maximum atomic E-state index is 11.1. The summed E-state index contributed by atoms with van der Waals surface area (Å²) >= 11 is 0. The molecule has 5 heteroatoms. The fourth-order valence-corrected chi connectivity index (χ4v) is 1.36. The van der Waals surface area contributed by atoms with Crippen LogP contribution in [0.25, 0.3) is 10.9 Å². The van der Waals surface area contributed by atoms with Crippen molar-refractivity contribution in [1.82, 2.24) is 4.98 Å². The van der Waals surface area contributed by atoms with Crippen LogP contribution in [-0.4, -0.2) is 10.9 Å². The van der Waals surface area contributed by atoms with E-state index in [9.17, 15) is 4.79 Å². The van der Waals surface area contributed by atoms with Gasteiger partial charge in [0.2, 0.25) is 0 Å². The molecule has 0 bridgehead atoms. The molecule has 15 heavy (non-hydrogen) atoms. The number of hydrogen-bond donors (Lipinski definition) is 2. The van der Waals surface area contributed by atoms with Gasteiger partial charge in [0.25, 0.3) is 11.8 Å². The van der Waals surface area contributed by atoms with Crippen molar-refractivity contribution in [3.8, 4) is 5.88 Å². The predicted octanol–water partition coefficient (Wildman–Crippen LogP) is 0.586. The molecule has 0 saturated carbocycles. The van der Waals surface area contributed by atoms with Gasteiger partial charge in [-0.1, -0.05) is 18.2 Å². The summed E-state index contributed by atoms with van der Waals surface area (Å²) in [4.78, 5) is 19.6. The number of nitrogens with two attached hydrogens (primary N) is 2. The summed E-state index contributed by atoms with van der Waals surface area (Å²) in [5, 5.41) is 0.812. The zero-order chi connectivity index (χ0) is 10.8. The van der Waals surface area contributed by atoms with Gasteiger partial charge in [-0.05, 0) is 12.1 Å². The van der Waals surface area contributed by atoms with E-state index in [2.05, 4.69) is 9.82 Å². The molecule has 1 amide bonds. The summed E-state index contributed by atoms with van der Waals surface area (Å²) in [7, 11) is 0. The number of carbonyl (C=O) groups is 1. The molecule has 0 fully saturated rings. The largest absolute Gasteiger partial charge is 0.390 e. The number of aromatic nitrogens is 1. The Bertz CT molecular complexity index is 525. The van der Waals surface area contributed by atoms with E-state index in [1.165, 1.54) is 0 Å². The third kappa shape index (κ3) is 1.60. The van der Waals surface area contributed by atoms with E-state index in [4.69, 9.17) is 11.6 Å². The molecule has 0 spiro atoms. The molecule has 1 heterocycles. The molecule has 0 aliphatic heterocycles. The second-order valence-electron chi connectivity index (χ2n) is 3.02. The molecule has 76 valence electrons. The molecule has 2 rings (SSSR count). The highest BCUT2D eigenvalue weighted by molar-refractivity contribution is 5.98. The molecule has 4 N–H and O–H groups in total. The Morgan fingerprint density at radius 3 is 2.73 bits per heavy atom. The molecular formula is C10H9N3O2. The van der Waals surface area contributed by atoms with Gasteiger partial charge in [0.1, 0.15) is 5.56 Å². The molecule has 0 unspecified atom stereocenters. The van der Waals surface area contributed by atoms with Crippen LogP contribution in [0.15, 0.2) is 30.3 Å². The summed E-state index contributed by atoms with van der Waals surface area (Å²) in [6.45, 7) is 0. The van der Waals surface area contributed by atoms with Crippen LogP contribution in [0.1, 0.15) is 10.4 Å². The highest BCUT2D eigenvalue weighted by atomic mass is 16.6. The van der Waals surface area contributed by atoms with Crippen LogP contribution in [0.4, 0.5) is 0 Å². The Labute approximate surface area is 85.6 Å². The van der Waals surface area contributed by atoms with E-state index in [0.29, 0.717) is 5.52 Å². The van der Waals surface area contributed by atoms with Gasteiger partial charge in [0.05, 0.1) is 5.52 Å². The highest BCUT2D eigenvalue weighted by Crippen LogP contribution is 2.20. The second-order valence-corrected chi connectivity index (χ2v) is 3.02. The first kappa shape index (κ1) is 9.42. The number of carbonyl (C=O) groups excluding carboxylic acids is 1. The van der Waals surface area contributed by atoms with Crippen molar-refractivity contribution in [2.45, 2.75) is 0 Å². The van der Waals surface area contributed by atoms with E-state index in [0.717, 1.165) is 5.39 Å². The van der Waals surface area contributed by atoms with Crippen LogP contribution in [0.2, 0.25) is 0 Å². The molecule has 1 aromatic carbocycles. The maximum Gasteiger partial charge on any atom is 0.254 e. The molecular weight excluding hydrogens is 194 g/mol. The Balaban J connectivity index is 2.74. The summed E-state index contributed by atoms with van der Waals surface area (Å²) < 4.78 is 0. The third-order valence-corrected chi connectivity index (χ3v) is 2.07. The van der Waals surface area contributed by atoms with Crippen molar-refractivity contribution < 1.29 is 9.63 Å². The monoisotopic (exact) mass is 203 g/mol. The van der Waals surface area contributed by atoms with Crippen LogP contribution in [0.3, 0.4) is 0 Å². The third-order valence-electron chi connectivity index (χ3n) is 2.07. The normalized spacial score (nSPS) is 10.2. The van der Waals surface area contributed by atoms with Crippen molar-refractivity contribution in [1.29, 1.82) is 0 Å². The average Bonchev–Trinajstić information content (AvgIpc) is 2.27. The maximum absolute atomic E-state index is 11.1. The van der Waals surface area contributed by atoms with Gasteiger partial charge in [-0.2, -0.15) is 5.90 Å². The highest BCUT2D eigenvalue weighted by Gasteiger charge is 2.12. The number of fused-ring (bicyclic) bond motifs is 1. The van der Waals surface area contributed by atoms with E-state index < -0.39 is 5.91 Å². The minimum Gasteiger partial charge on any atom is -0.390 e. The molecule has 0 atom stereocenters. The molecule has 0 saturated heterocycles. The number of benzene rings is 1. The van der Waals surface area contributed by atoms with Crippen LogP contribution < -0.4 is 16.5 Å². The lowest BCUT2D eigenvalue weighted by Crippen LogP contribution is -2.16. The zero-order valence-electron chi connectivity index (χ0n) is 7.81. The first-order chi connectivity index (χ1) is 7.22. The SMILES string of the molecule is NOc1nc2ccccc2cc1C(N)=O. The lowest BCUT2D eigenvalue weighted by molar-refractivity contribution is 0.0995. The van der Waals surface area contributed by atoms with Crippen molar-refractivity contribution in [3.05, 3.63) is 35.9 Å². The number of rotatable bonds is 2. The Hall–Kier alpha value is -2.14. The van der Waals surface area contributed by atoms with Crippen molar-refractivity contribution in [2.75, 3.05) is 0 Å². The number of hydrogen-bond acceptors (Lipinski definition) is 4. The number of para-hydroxylation sites is 1. The number of primary amides is 1. The van der Waals surface area contributed by atoms with Gasteiger partial charge in [-0.3, -0.25) is 4.79 Å². The Kier molecular flexibility index (Phi) is 2.23. The summed E-state index contributed by atoms with van der Waals surface area (Å²) in [6, 6.07) is 8.90. The number of nitrogens with zero attached hydrogens (tertiary/aromatic N) is 1. The lowest BCUT2D eigenvalue weighted by Gasteiger charge is -2.05. The lowest BCUT2D eigenvalue weighted by atomic mass is 10.1. The molecule has 0 aliphatic rings. The predicted molar refractivity (Wildman–Crippen MR) is 55.1 cm³/mol. The molecule has 0 aliphatic carbocycles. The van der Waals surface area contributed by atoms with Gasteiger partial charge >= 0.3 is 0 Å². The molecule has 2 aromatic rings. The van der Waals surface area contributed by atoms with Crippen molar-refractivity contribution in [2.24, 2.45) is 11.6 Å². The number of pyridine rings is 1. The average molecular weight is 203 g/mol. The second kappa shape index (κ2) is 3.55.